The lowest BCUT2D eigenvalue weighted by atomic mass is 10.1. The number of nitrogens with two attached hydrogens (primary N) is 1. The van der Waals surface area contributed by atoms with Crippen LogP contribution in [-0.4, -0.2) is 24.7 Å². The van der Waals surface area contributed by atoms with E-state index in [9.17, 15) is 0 Å². The molecule has 0 amide bonds. The zero-order valence-electron chi connectivity index (χ0n) is 10.8. The summed E-state index contributed by atoms with van der Waals surface area (Å²) in [5, 5.41) is 5.51. The van der Waals surface area contributed by atoms with E-state index in [-0.39, 0.29) is 6.04 Å². The predicted molar refractivity (Wildman–Crippen MR) is 75.7 cm³/mol. The molecular weight excluding hydrogens is 226 g/mol. The second-order valence-corrected chi connectivity index (χ2v) is 4.33. The molecule has 0 saturated heterocycles. The molecule has 0 spiro atoms. The largest absolute Gasteiger partial charge is 0.397 e. The van der Waals surface area contributed by atoms with Crippen LogP contribution in [0.1, 0.15) is 13.3 Å². The van der Waals surface area contributed by atoms with E-state index >= 15 is 0 Å². The first-order chi connectivity index (χ1) is 8.76. The minimum atomic E-state index is 0.275. The first-order valence-electron chi connectivity index (χ1n) is 6.14. The Morgan fingerprint density at radius 1 is 1.39 bits per heavy atom. The van der Waals surface area contributed by atoms with E-state index in [1.807, 2.05) is 24.4 Å². The number of aromatic nitrogens is 1. The highest BCUT2D eigenvalue weighted by molar-refractivity contribution is 5.98. The summed E-state index contributed by atoms with van der Waals surface area (Å²) in [6.07, 6.45) is 4.57. The molecule has 1 unspecified atom stereocenters. The molecule has 1 heterocycles. The van der Waals surface area contributed by atoms with Gasteiger partial charge in [0.15, 0.2) is 0 Å². The summed E-state index contributed by atoms with van der Waals surface area (Å²) in [4.78, 5) is 4.09. The third-order valence-electron chi connectivity index (χ3n) is 3.08. The summed E-state index contributed by atoms with van der Waals surface area (Å²) < 4.78 is 5.18. The van der Waals surface area contributed by atoms with Gasteiger partial charge in [0.1, 0.15) is 0 Å². The van der Waals surface area contributed by atoms with Crippen molar-refractivity contribution in [2.75, 3.05) is 24.8 Å². The Bertz CT molecular complexity index is 527. The minimum Gasteiger partial charge on any atom is -0.397 e. The Morgan fingerprint density at radius 3 is 2.94 bits per heavy atom. The first-order valence-corrected chi connectivity index (χ1v) is 6.14. The third kappa shape index (κ3) is 2.54. The Hall–Kier alpha value is -1.81. The zero-order valence-corrected chi connectivity index (χ0v) is 10.8. The second kappa shape index (κ2) is 5.69. The summed E-state index contributed by atoms with van der Waals surface area (Å²) in [5.74, 6) is 0. The van der Waals surface area contributed by atoms with Crippen LogP contribution < -0.4 is 11.1 Å². The molecule has 2 aromatic rings. The van der Waals surface area contributed by atoms with Crippen LogP contribution in [0, 0.1) is 0 Å². The highest BCUT2D eigenvalue weighted by Crippen LogP contribution is 2.28. The number of nitrogen functional groups attached to an aromatic ring is 1. The fourth-order valence-electron chi connectivity index (χ4n) is 2.00. The smallest absolute Gasteiger partial charge is 0.0663 e. The van der Waals surface area contributed by atoms with E-state index in [0.717, 1.165) is 28.6 Å². The van der Waals surface area contributed by atoms with E-state index < -0.39 is 0 Å². The van der Waals surface area contributed by atoms with Crippen molar-refractivity contribution >= 4 is 22.1 Å². The van der Waals surface area contributed by atoms with Crippen molar-refractivity contribution in [2.24, 2.45) is 0 Å². The molecule has 1 aromatic heterocycles. The highest BCUT2D eigenvalue weighted by atomic mass is 16.5. The number of ether oxygens (including phenoxy) is 1. The van der Waals surface area contributed by atoms with Crippen LogP contribution in [0.25, 0.3) is 10.8 Å². The molecule has 0 saturated carbocycles. The van der Waals surface area contributed by atoms with Crippen molar-refractivity contribution in [1.82, 2.24) is 4.98 Å². The van der Waals surface area contributed by atoms with Crippen LogP contribution in [0.2, 0.25) is 0 Å². The number of methoxy groups -OCH3 is 1. The molecule has 3 N–H and O–H groups in total. The number of benzene rings is 1. The highest BCUT2D eigenvalue weighted by Gasteiger charge is 2.09. The molecule has 1 atom stereocenters. The zero-order chi connectivity index (χ0) is 13.0. The van der Waals surface area contributed by atoms with Crippen LogP contribution in [0.4, 0.5) is 11.4 Å². The summed E-state index contributed by atoms with van der Waals surface area (Å²) >= 11 is 0. The molecule has 1 aromatic carbocycles. The average Bonchev–Trinajstić information content (AvgIpc) is 2.41. The third-order valence-corrected chi connectivity index (χ3v) is 3.08. The maximum absolute atomic E-state index is 6.19. The summed E-state index contributed by atoms with van der Waals surface area (Å²) in [6.45, 7) is 2.79. The van der Waals surface area contributed by atoms with Crippen LogP contribution in [-0.2, 0) is 4.74 Å². The van der Waals surface area contributed by atoms with E-state index in [1.54, 1.807) is 13.3 Å². The van der Waals surface area contributed by atoms with Gasteiger partial charge in [-0.15, -0.1) is 0 Å². The molecule has 0 radical (unpaired) electrons. The summed E-state index contributed by atoms with van der Waals surface area (Å²) in [7, 11) is 1.71. The Balaban J connectivity index is 2.31. The van der Waals surface area contributed by atoms with Gasteiger partial charge in [0.2, 0.25) is 0 Å². The summed E-state index contributed by atoms with van der Waals surface area (Å²) in [6, 6.07) is 6.24. The van der Waals surface area contributed by atoms with Crippen molar-refractivity contribution in [1.29, 1.82) is 0 Å². The van der Waals surface area contributed by atoms with E-state index in [2.05, 4.69) is 17.2 Å². The quantitative estimate of drug-likeness (QED) is 0.795. The predicted octanol–water partition coefficient (Wildman–Crippen LogP) is 2.65. The van der Waals surface area contributed by atoms with Gasteiger partial charge < -0.3 is 15.8 Å². The van der Waals surface area contributed by atoms with Gasteiger partial charge in [-0.2, -0.15) is 0 Å². The topological polar surface area (TPSA) is 60.2 Å². The lowest BCUT2D eigenvalue weighted by Crippen LogP contribution is -2.24. The van der Waals surface area contributed by atoms with Crippen LogP contribution >= 0.6 is 0 Å². The van der Waals surface area contributed by atoms with Crippen molar-refractivity contribution in [3.05, 3.63) is 30.6 Å². The lowest BCUT2D eigenvalue weighted by molar-refractivity contribution is 0.184. The lowest BCUT2D eigenvalue weighted by Gasteiger charge is -2.19. The Morgan fingerprint density at radius 2 is 2.22 bits per heavy atom. The Labute approximate surface area is 107 Å². The standard InChI is InChI=1S/C14H19N3O/c1-3-11(9-18-2)17-13-5-4-10-8-16-7-6-12(10)14(13)15/h4-8,11,17H,3,9,15H2,1-2H3. The van der Waals surface area contributed by atoms with Crippen molar-refractivity contribution < 1.29 is 4.74 Å². The van der Waals surface area contributed by atoms with Gasteiger partial charge in [-0.25, -0.2) is 0 Å². The fourth-order valence-corrected chi connectivity index (χ4v) is 2.00. The van der Waals surface area contributed by atoms with E-state index in [1.165, 1.54) is 0 Å². The number of pyridine rings is 1. The minimum absolute atomic E-state index is 0.275. The average molecular weight is 245 g/mol. The van der Waals surface area contributed by atoms with Gasteiger partial charge in [-0.05, 0) is 18.6 Å². The molecule has 18 heavy (non-hydrogen) atoms. The van der Waals surface area contributed by atoms with Gasteiger partial charge in [-0.1, -0.05) is 13.0 Å². The monoisotopic (exact) mass is 245 g/mol. The number of hydrogen-bond donors (Lipinski definition) is 2. The number of anilines is 2. The number of nitrogens with zero attached hydrogens (tertiary/aromatic N) is 1. The Kier molecular flexibility index (Phi) is 3.99. The van der Waals surface area contributed by atoms with Crippen LogP contribution in [0.15, 0.2) is 30.6 Å². The van der Waals surface area contributed by atoms with Crippen LogP contribution in [0.3, 0.4) is 0 Å². The normalized spacial score (nSPS) is 12.6. The number of hydrogen-bond acceptors (Lipinski definition) is 4. The van der Waals surface area contributed by atoms with Gasteiger partial charge in [0.05, 0.1) is 18.0 Å². The van der Waals surface area contributed by atoms with Gasteiger partial charge >= 0.3 is 0 Å². The summed E-state index contributed by atoms with van der Waals surface area (Å²) in [5.41, 5.74) is 7.91. The van der Waals surface area contributed by atoms with Gasteiger partial charge in [0.25, 0.3) is 0 Å². The molecule has 0 aliphatic heterocycles. The second-order valence-electron chi connectivity index (χ2n) is 4.33. The van der Waals surface area contributed by atoms with Crippen molar-refractivity contribution in [2.45, 2.75) is 19.4 Å². The molecule has 0 bridgehead atoms. The van der Waals surface area contributed by atoms with Crippen molar-refractivity contribution in [3.63, 3.8) is 0 Å². The van der Waals surface area contributed by atoms with Gasteiger partial charge in [-0.3, -0.25) is 4.98 Å². The molecular formula is C14H19N3O. The van der Waals surface area contributed by atoms with E-state index in [4.69, 9.17) is 10.5 Å². The molecule has 4 nitrogen and oxygen atoms in total. The number of rotatable bonds is 5. The maximum atomic E-state index is 6.19. The van der Waals surface area contributed by atoms with Crippen LogP contribution in [0.5, 0.6) is 0 Å². The molecule has 4 heteroatoms. The SMILES string of the molecule is CCC(COC)Nc1ccc2cnccc2c1N. The van der Waals surface area contributed by atoms with Gasteiger partial charge in [0, 0.05) is 36.3 Å². The number of nitrogens with one attached hydrogen (secondary N) is 1. The van der Waals surface area contributed by atoms with E-state index in [0.29, 0.717) is 6.61 Å². The molecule has 2 rings (SSSR count). The maximum Gasteiger partial charge on any atom is 0.0663 e. The first kappa shape index (κ1) is 12.6. The van der Waals surface area contributed by atoms with Crippen molar-refractivity contribution in [3.8, 4) is 0 Å². The fraction of sp³-hybridized carbons (Fsp3) is 0.357. The molecule has 0 aliphatic rings. The number of fused-ring (bicyclic) bond motifs is 1. The molecule has 0 fully saturated rings. The molecule has 0 aliphatic carbocycles. The molecule has 96 valence electrons.